The van der Waals surface area contributed by atoms with Gasteiger partial charge in [-0.2, -0.15) is 18.3 Å². The summed E-state index contributed by atoms with van der Waals surface area (Å²) >= 11 is 0. The van der Waals surface area contributed by atoms with Gasteiger partial charge in [0.05, 0.1) is 11.9 Å². The van der Waals surface area contributed by atoms with Crippen LogP contribution in [-0.4, -0.2) is 32.8 Å². The predicted octanol–water partition coefficient (Wildman–Crippen LogP) is 3.65. The zero-order chi connectivity index (χ0) is 19.6. The van der Waals surface area contributed by atoms with E-state index in [1.807, 2.05) is 0 Å². The molecule has 3 rings (SSSR count). The first-order valence-corrected chi connectivity index (χ1v) is 8.57. The van der Waals surface area contributed by atoms with E-state index in [0.717, 1.165) is 32.1 Å². The molecule has 1 aliphatic carbocycles. The summed E-state index contributed by atoms with van der Waals surface area (Å²) in [4.78, 5) is 23.3. The molecule has 0 saturated heterocycles. The van der Waals surface area contributed by atoms with Gasteiger partial charge in [0.25, 0.3) is 5.91 Å². The van der Waals surface area contributed by atoms with E-state index >= 15 is 0 Å². The van der Waals surface area contributed by atoms with Gasteiger partial charge in [0.2, 0.25) is 0 Å². The third-order valence-electron chi connectivity index (χ3n) is 4.58. The number of nitrogens with one attached hydrogen (secondary N) is 1. The van der Waals surface area contributed by atoms with E-state index in [4.69, 9.17) is 5.11 Å². The zero-order valence-corrected chi connectivity index (χ0v) is 14.3. The van der Waals surface area contributed by atoms with Crippen LogP contribution in [-0.2, 0) is 6.18 Å². The summed E-state index contributed by atoms with van der Waals surface area (Å²) in [5.41, 5.74) is -1.96. The van der Waals surface area contributed by atoms with Gasteiger partial charge >= 0.3 is 12.1 Å². The fourth-order valence-corrected chi connectivity index (χ4v) is 3.24. The average Bonchev–Trinajstić information content (AvgIpc) is 3.08. The Kier molecular flexibility index (Phi) is 5.20. The number of nitrogens with zero attached hydrogens (tertiary/aromatic N) is 2. The van der Waals surface area contributed by atoms with Crippen LogP contribution in [0.25, 0.3) is 5.69 Å². The highest BCUT2D eigenvalue weighted by Crippen LogP contribution is 2.33. The molecule has 1 fully saturated rings. The minimum atomic E-state index is -4.89. The van der Waals surface area contributed by atoms with Gasteiger partial charge < -0.3 is 10.4 Å². The van der Waals surface area contributed by atoms with E-state index < -0.39 is 23.4 Å². The van der Waals surface area contributed by atoms with Crippen LogP contribution < -0.4 is 5.32 Å². The minimum Gasteiger partial charge on any atom is -0.478 e. The number of aromatic nitrogens is 2. The van der Waals surface area contributed by atoms with Crippen molar-refractivity contribution in [1.29, 1.82) is 0 Å². The number of amides is 1. The second-order valence-corrected chi connectivity index (χ2v) is 6.48. The molecule has 9 heteroatoms. The average molecular weight is 381 g/mol. The van der Waals surface area contributed by atoms with Gasteiger partial charge in [0.1, 0.15) is 5.56 Å². The van der Waals surface area contributed by atoms with Crippen molar-refractivity contribution in [3.8, 4) is 5.69 Å². The Morgan fingerprint density at radius 1 is 1.11 bits per heavy atom. The number of aromatic carboxylic acids is 1. The summed E-state index contributed by atoms with van der Waals surface area (Å²) in [5, 5.41) is 15.4. The smallest absolute Gasteiger partial charge is 0.434 e. The quantitative estimate of drug-likeness (QED) is 0.847. The van der Waals surface area contributed by atoms with E-state index in [1.54, 1.807) is 0 Å². The second-order valence-electron chi connectivity index (χ2n) is 6.48. The van der Waals surface area contributed by atoms with E-state index in [-0.39, 0.29) is 17.6 Å². The monoisotopic (exact) mass is 381 g/mol. The first-order chi connectivity index (χ1) is 12.8. The van der Waals surface area contributed by atoms with Crippen LogP contribution in [0.3, 0.4) is 0 Å². The molecule has 1 aliphatic rings. The molecular formula is C18H18F3N3O3. The third kappa shape index (κ3) is 4.12. The number of carboxylic acid groups (broad SMARTS) is 1. The van der Waals surface area contributed by atoms with Gasteiger partial charge in [-0.05, 0) is 37.1 Å². The molecule has 144 valence electrons. The zero-order valence-electron chi connectivity index (χ0n) is 14.3. The summed E-state index contributed by atoms with van der Waals surface area (Å²) in [6.07, 6.45) is 0.902. The predicted molar refractivity (Wildman–Crippen MR) is 89.9 cm³/mol. The number of benzene rings is 1. The second kappa shape index (κ2) is 7.42. The molecule has 1 saturated carbocycles. The number of rotatable bonds is 4. The van der Waals surface area contributed by atoms with Crippen LogP contribution in [0.1, 0.15) is 58.5 Å². The highest BCUT2D eigenvalue weighted by atomic mass is 19.4. The number of hydrogen-bond acceptors (Lipinski definition) is 3. The fourth-order valence-electron chi connectivity index (χ4n) is 3.24. The van der Waals surface area contributed by atoms with Crippen molar-refractivity contribution < 1.29 is 27.9 Å². The fraction of sp³-hybridized carbons (Fsp3) is 0.389. The lowest BCUT2D eigenvalue weighted by molar-refractivity contribution is -0.143. The first kappa shape index (κ1) is 18.9. The van der Waals surface area contributed by atoms with Crippen LogP contribution in [0.2, 0.25) is 0 Å². The maximum absolute atomic E-state index is 13.3. The van der Waals surface area contributed by atoms with E-state index in [0.29, 0.717) is 16.4 Å². The number of carboxylic acids is 1. The van der Waals surface area contributed by atoms with Gasteiger partial charge in [-0.15, -0.1) is 0 Å². The van der Waals surface area contributed by atoms with Crippen LogP contribution in [0.4, 0.5) is 13.2 Å². The van der Waals surface area contributed by atoms with Gasteiger partial charge in [-0.3, -0.25) is 4.79 Å². The lowest BCUT2D eigenvalue weighted by Gasteiger charge is -2.22. The van der Waals surface area contributed by atoms with Crippen LogP contribution in [0.5, 0.6) is 0 Å². The topological polar surface area (TPSA) is 84.2 Å². The molecular weight excluding hydrogens is 363 g/mol. The maximum Gasteiger partial charge on any atom is 0.434 e. The molecule has 0 bridgehead atoms. The number of carbonyl (C=O) groups is 2. The number of hydrogen-bond donors (Lipinski definition) is 2. The van der Waals surface area contributed by atoms with Crippen molar-refractivity contribution in [2.45, 2.75) is 44.3 Å². The summed E-state index contributed by atoms with van der Waals surface area (Å²) in [6.45, 7) is 0. The molecule has 1 aromatic heterocycles. The summed E-state index contributed by atoms with van der Waals surface area (Å²) in [6, 6.07) is 5.53. The molecule has 6 nitrogen and oxygen atoms in total. The van der Waals surface area contributed by atoms with Crippen molar-refractivity contribution >= 4 is 11.9 Å². The molecule has 0 aliphatic heterocycles. The standard InChI is InChI=1S/C18H18F3N3O3/c19-18(20,21)15-14(17(26)27)10-22-24(15)13-8-6-11(7-9-13)16(25)23-12-4-2-1-3-5-12/h6-10,12H,1-5H2,(H,23,25)(H,26,27). The highest BCUT2D eigenvalue weighted by Gasteiger charge is 2.40. The summed E-state index contributed by atoms with van der Waals surface area (Å²) < 4.78 is 40.3. The number of halogens is 3. The Hall–Kier alpha value is -2.84. The Balaban J connectivity index is 1.83. The van der Waals surface area contributed by atoms with Crippen molar-refractivity contribution in [1.82, 2.24) is 15.1 Å². The van der Waals surface area contributed by atoms with E-state index in [2.05, 4.69) is 10.4 Å². The molecule has 0 radical (unpaired) electrons. The molecule has 2 N–H and O–H groups in total. The van der Waals surface area contributed by atoms with Crippen molar-refractivity contribution in [3.05, 3.63) is 47.3 Å². The van der Waals surface area contributed by atoms with Crippen molar-refractivity contribution in [3.63, 3.8) is 0 Å². The third-order valence-corrected chi connectivity index (χ3v) is 4.58. The van der Waals surface area contributed by atoms with Crippen LogP contribution in [0, 0.1) is 0 Å². The summed E-state index contributed by atoms with van der Waals surface area (Å²) in [5.74, 6) is -1.99. The van der Waals surface area contributed by atoms with E-state index in [9.17, 15) is 22.8 Å². The van der Waals surface area contributed by atoms with E-state index in [1.165, 1.54) is 24.3 Å². The lowest BCUT2D eigenvalue weighted by atomic mass is 9.95. The maximum atomic E-state index is 13.3. The highest BCUT2D eigenvalue weighted by molar-refractivity contribution is 5.94. The Bertz CT molecular complexity index is 838. The Morgan fingerprint density at radius 3 is 2.30 bits per heavy atom. The minimum absolute atomic E-state index is 0.0176. The van der Waals surface area contributed by atoms with Crippen molar-refractivity contribution in [2.24, 2.45) is 0 Å². The molecule has 27 heavy (non-hydrogen) atoms. The molecule has 1 amide bonds. The van der Waals surface area contributed by atoms with Crippen LogP contribution >= 0.6 is 0 Å². The van der Waals surface area contributed by atoms with Gasteiger partial charge in [-0.25, -0.2) is 9.48 Å². The Morgan fingerprint density at radius 2 is 1.74 bits per heavy atom. The normalized spacial score (nSPS) is 15.5. The van der Waals surface area contributed by atoms with Gasteiger partial charge in [0.15, 0.2) is 5.69 Å². The molecule has 0 unspecified atom stereocenters. The van der Waals surface area contributed by atoms with Crippen LogP contribution in [0.15, 0.2) is 30.5 Å². The largest absolute Gasteiger partial charge is 0.478 e. The first-order valence-electron chi connectivity index (χ1n) is 8.57. The molecule has 1 heterocycles. The lowest BCUT2D eigenvalue weighted by Crippen LogP contribution is -2.36. The van der Waals surface area contributed by atoms with Gasteiger partial charge in [-0.1, -0.05) is 19.3 Å². The SMILES string of the molecule is O=C(NC1CCCCC1)c1ccc(-n2ncc(C(=O)O)c2C(F)(F)F)cc1. The number of alkyl halides is 3. The molecule has 2 aromatic rings. The molecule has 0 atom stereocenters. The molecule has 1 aromatic carbocycles. The Labute approximate surface area is 153 Å². The number of carbonyl (C=O) groups excluding carboxylic acids is 1. The molecule has 0 spiro atoms. The summed E-state index contributed by atoms with van der Waals surface area (Å²) in [7, 11) is 0. The van der Waals surface area contributed by atoms with Gasteiger partial charge in [0, 0.05) is 11.6 Å². The van der Waals surface area contributed by atoms with Crippen molar-refractivity contribution in [2.75, 3.05) is 0 Å².